The molecule has 32 heavy (non-hydrogen) atoms. The van der Waals surface area contributed by atoms with Crippen LogP contribution < -0.4 is 4.74 Å². The third-order valence-electron chi connectivity index (χ3n) is 5.47. The van der Waals surface area contributed by atoms with E-state index in [-0.39, 0.29) is 13.0 Å². The van der Waals surface area contributed by atoms with Crippen molar-refractivity contribution in [3.05, 3.63) is 76.9 Å². The molecule has 0 saturated heterocycles. The van der Waals surface area contributed by atoms with Crippen molar-refractivity contribution in [2.24, 2.45) is 0 Å². The molecule has 2 atom stereocenters. The summed E-state index contributed by atoms with van der Waals surface area (Å²) in [6, 6.07) is 8.95. The van der Waals surface area contributed by atoms with Crippen LogP contribution in [-0.4, -0.2) is 12.1 Å². The lowest BCUT2D eigenvalue weighted by Crippen LogP contribution is -2.21. The van der Waals surface area contributed by atoms with Crippen molar-refractivity contribution in [2.45, 2.75) is 64.1 Å². The number of carbonyl (C=O) groups excluding carboxylic acids is 1. The van der Waals surface area contributed by atoms with E-state index in [0.29, 0.717) is 19.3 Å². The van der Waals surface area contributed by atoms with Crippen molar-refractivity contribution >= 4 is 5.97 Å². The molecule has 7 heteroatoms. The minimum Gasteiger partial charge on any atom is -0.487 e. The number of hydrogen-bond acceptors (Lipinski definition) is 3. The Bertz CT molecular complexity index is 960. The van der Waals surface area contributed by atoms with Gasteiger partial charge in [0, 0.05) is 5.56 Å². The Balaban J connectivity index is 1.80. The summed E-state index contributed by atoms with van der Waals surface area (Å²) >= 11 is 0. The van der Waals surface area contributed by atoms with E-state index in [1.165, 1.54) is 6.92 Å². The van der Waals surface area contributed by atoms with Crippen LogP contribution in [0.2, 0.25) is 0 Å². The molecule has 0 N–H and O–H groups in total. The molecule has 0 bridgehead atoms. The second-order valence-corrected chi connectivity index (χ2v) is 7.97. The minimum atomic E-state index is -1.93. The molecule has 1 aliphatic rings. The summed E-state index contributed by atoms with van der Waals surface area (Å²) < 4.78 is 68.3. The molecule has 0 fully saturated rings. The monoisotopic (exact) mass is 450 g/mol. The molecule has 0 amide bonds. The Kier molecular flexibility index (Phi) is 8.31. The van der Waals surface area contributed by atoms with E-state index in [1.807, 2.05) is 18.2 Å². The zero-order chi connectivity index (χ0) is 23.1. The van der Waals surface area contributed by atoms with Crippen molar-refractivity contribution < 1.29 is 31.8 Å². The molecular weight excluding hydrogens is 424 g/mol. The first-order valence-electron chi connectivity index (χ1n) is 10.8. The molecule has 3 rings (SSSR count). The molecule has 0 radical (unpaired) electrons. The number of ether oxygens (including phenoxy) is 2. The van der Waals surface area contributed by atoms with Gasteiger partial charge in [-0.15, -0.1) is 0 Å². The lowest BCUT2D eigenvalue weighted by atomic mass is 9.95. The van der Waals surface area contributed by atoms with Crippen molar-refractivity contribution in [3.8, 4) is 5.75 Å². The summed E-state index contributed by atoms with van der Waals surface area (Å²) in [7, 11) is 0. The van der Waals surface area contributed by atoms with Crippen molar-refractivity contribution in [2.75, 3.05) is 0 Å². The summed E-state index contributed by atoms with van der Waals surface area (Å²) in [4.78, 5) is 12.3. The average molecular weight is 450 g/mol. The fourth-order valence-electron chi connectivity index (χ4n) is 3.74. The highest BCUT2D eigenvalue weighted by atomic mass is 19.2. The van der Waals surface area contributed by atoms with Gasteiger partial charge in [-0.3, -0.25) is 4.79 Å². The summed E-state index contributed by atoms with van der Waals surface area (Å²) in [5, 5.41) is 0. The van der Waals surface area contributed by atoms with Gasteiger partial charge in [-0.2, -0.15) is 4.39 Å². The van der Waals surface area contributed by atoms with E-state index >= 15 is 0 Å². The van der Waals surface area contributed by atoms with E-state index in [0.717, 1.165) is 18.4 Å². The van der Waals surface area contributed by atoms with E-state index in [4.69, 9.17) is 9.47 Å². The number of halogens is 4. The number of hydrogen-bond donors (Lipinski definition) is 0. The van der Waals surface area contributed by atoms with Gasteiger partial charge in [0.2, 0.25) is 11.6 Å². The Labute approximate surface area is 185 Å². The number of allylic oxidation sites excluding steroid dienone is 2. The number of benzene rings is 2. The van der Waals surface area contributed by atoms with Crippen LogP contribution in [0.25, 0.3) is 0 Å². The zero-order valence-electron chi connectivity index (χ0n) is 17.9. The minimum absolute atomic E-state index is 0.0139. The second-order valence-electron chi connectivity index (χ2n) is 7.97. The molecule has 2 aromatic carbocycles. The van der Waals surface area contributed by atoms with Gasteiger partial charge in [-0.1, -0.05) is 49.4 Å². The van der Waals surface area contributed by atoms with Gasteiger partial charge in [0.25, 0.3) is 0 Å². The smallest absolute Gasteiger partial charge is 0.306 e. The first-order chi connectivity index (χ1) is 15.4. The van der Waals surface area contributed by atoms with E-state index in [9.17, 15) is 22.4 Å². The van der Waals surface area contributed by atoms with Crippen molar-refractivity contribution in [3.63, 3.8) is 0 Å². The maximum absolute atomic E-state index is 14.7. The normalized spacial score (nSPS) is 18.3. The number of esters is 1. The highest BCUT2D eigenvalue weighted by Crippen LogP contribution is 2.38. The molecule has 0 spiro atoms. The van der Waals surface area contributed by atoms with E-state index in [1.54, 1.807) is 24.3 Å². The highest BCUT2D eigenvalue weighted by Gasteiger charge is 2.32. The molecule has 0 aromatic heterocycles. The molecule has 2 unspecified atom stereocenters. The number of carbonyl (C=O) groups is 1. The van der Waals surface area contributed by atoms with Crippen LogP contribution in [0.15, 0.2) is 42.5 Å². The molecule has 0 aliphatic heterocycles. The maximum Gasteiger partial charge on any atom is 0.306 e. The van der Waals surface area contributed by atoms with Gasteiger partial charge in [0.05, 0.1) is 12.5 Å². The second kappa shape index (κ2) is 11.2. The lowest BCUT2D eigenvalue weighted by molar-refractivity contribution is -0.145. The Morgan fingerprint density at radius 1 is 0.969 bits per heavy atom. The van der Waals surface area contributed by atoms with Gasteiger partial charge in [-0.25, -0.2) is 13.2 Å². The average Bonchev–Trinajstić information content (AvgIpc) is 2.76. The van der Waals surface area contributed by atoms with Crippen LogP contribution in [0.4, 0.5) is 17.6 Å². The molecule has 2 aromatic rings. The van der Waals surface area contributed by atoms with E-state index in [2.05, 4.69) is 0 Å². The lowest BCUT2D eigenvalue weighted by Gasteiger charge is -2.24. The Hall–Kier alpha value is -2.83. The predicted molar refractivity (Wildman–Crippen MR) is 112 cm³/mol. The van der Waals surface area contributed by atoms with Gasteiger partial charge in [-0.05, 0) is 43.6 Å². The molecule has 0 saturated carbocycles. The standard InChI is InChI=1S/C25H26F4O3/c1-16(14-19(30)31-15-17-10-6-5-7-11-17)20-21(26)22(27)23(28)24(29)25(20)32-18-12-8-3-2-4-9-13-18/h2-3,5-7,10-11,16,18H,4,8-9,12-15H2,1H3/b3-2-. The van der Waals surface area contributed by atoms with Crippen LogP contribution in [0.5, 0.6) is 5.75 Å². The molecule has 0 heterocycles. The van der Waals surface area contributed by atoms with Gasteiger partial charge >= 0.3 is 5.97 Å². The first kappa shape index (κ1) is 23.8. The Morgan fingerprint density at radius 3 is 2.41 bits per heavy atom. The van der Waals surface area contributed by atoms with E-state index < -0.39 is 52.6 Å². The van der Waals surface area contributed by atoms with Crippen LogP contribution in [-0.2, 0) is 16.1 Å². The highest BCUT2D eigenvalue weighted by molar-refractivity contribution is 5.70. The SMILES string of the molecule is CC(CC(=O)OCc1ccccc1)c1c(F)c(F)c(F)c(F)c1OC1CC/C=C\CCC1. The summed E-state index contributed by atoms with van der Waals surface area (Å²) in [6.07, 6.45) is 6.56. The van der Waals surface area contributed by atoms with Crippen molar-refractivity contribution in [1.29, 1.82) is 0 Å². The summed E-state index contributed by atoms with van der Waals surface area (Å²) in [5.41, 5.74) is 0.275. The topological polar surface area (TPSA) is 35.5 Å². The largest absolute Gasteiger partial charge is 0.487 e. The fraction of sp³-hybridized carbons (Fsp3) is 0.400. The fourth-order valence-corrected chi connectivity index (χ4v) is 3.74. The van der Waals surface area contributed by atoms with Crippen molar-refractivity contribution in [1.82, 2.24) is 0 Å². The van der Waals surface area contributed by atoms with Gasteiger partial charge in [0.1, 0.15) is 6.61 Å². The van der Waals surface area contributed by atoms with Crippen LogP contribution in [0, 0.1) is 23.3 Å². The zero-order valence-corrected chi connectivity index (χ0v) is 17.9. The Morgan fingerprint density at radius 2 is 1.66 bits per heavy atom. The summed E-state index contributed by atoms with van der Waals surface area (Å²) in [5.74, 6) is -9.31. The molecule has 3 nitrogen and oxygen atoms in total. The molecule has 1 aliphatic carbocycles. The molecule has 172 valence electrons. The predicted octanol–water partition coefficient (Wildman–Crippen LogP) is 6.75. The third-order valence-corrected chi connectivity index (χ3v) is 5.47. The van der Waals surface area contributed by atoms with Gasteiger partial charge in [0.15, 0.2) is 17.4 Å². The third kappa shape index (κ3) is 5.90. The maximum atomic E-state index is 14.7. The number of rotatable bonds is 7. The van der Waals surface area contributed by atoms with Crippen LogP contribution in [0.3, 0.4) is 0 Å². The quantitative estimate of drug-likeness (QED) is 0.154. The molecular formula is C25H26F4O3. The van der Waals surface area contributed by atoms with Gasteiger partial charge < -0.3 is 9.47 Å². The van der Waals surface area contributed by atoms with Crippen LogP contribution >= 0.6 is 0 Å². The first-order valence-corrected chi connectivity index (χ1v) is 10.8. The summed E-state index contributed by atoms with van der Waals surface area (Å²) in [6.45, 7) is 1.44. The van der Waals surface area contributed by atoms with Crippen LogP contribution in [0.1, 0.15) is 62.5 Å².